The molecular formula is C13H13NO2. The van der Waals surface area contributed by atoms with Crippen molar-refractivity contribution in [3.63, 3.8) is 0 Å². The van der Waals surface area contributed by atoms with E-state index < -0.39 is 0 Å². The highest BCUT2D eigenvalue weighted by atomic mass is 16.5. The number of hydrogen-bond donors (Lipinski definition) is 0. The van der Waals surface area contributed by atoms with Gasteiger partial charge in [-0.25, -0.2) is 0 Å². The number of Topliss-reactive ketones (excluding diaryl/α,β-unsaturated/α-hetero) is 1. The predicted octanol–water partition coefficient (Wildman–Crippen LogP) is 2.75. The van der Waals surface area contributed by atoms with Gasteiger partial charge >= 0.3 is 0 Å². The number of ether oxygens (including phenoxy) is 1. The summed E-state index contributed by atoms with van der Waals surface area (Å²) in [5, 5.41) is 0.926. The lowest BCUT2D eigenvalue weighted by Crippen LogP contribution is -1.99. The first kappa shape index (κ1) is 10.6. The van der Waals surface area contributed by atoms with Crippen LogP contribution in [0.1, 0.15) is 23.0 Å². The third-order valence-corrected chi connectivity index (χ3v) is 2.59. The van der Waals surface area contributed by atoms with Gasteiger partial charge in [-0.05, 0) is 38.1 Å². The number of pyridine rings is 1. The molecule has 0 amide bonds. The molecule has 3 heteroatoms. The summed E-state index contributed by atoms with van der Waals surface area (Å²) >= 11 is 0. The van der Waals surface area contributed by atoms with Gasteiger partial charge in [0.15, 0.2) is 5.78 Å². The number of hydrogen-bond acceptors (Lipinski definition) is 3. The van der Waals surface area contributed by atoms with Crippen LogP contribution in [0.15, 0.2) is 24.3 Å². The second kappa shape index (κ2) is 3.93. The van der Waals surface area contributed by atoms with Gasteiger partial charge in [0.2, 0.25) is 0 Å². The molecule has 0 radical (unpaired) electrons. The first-order chi connectivity index (χ1) is 7.61. The van der Waals surface area contributed by atoms with Crippen molar-refractivity contribution < 1.29 is 9.53 Å². The molecule has 1 heterocycles. The minimum absolute atomic E-state index is 0.0368. The highest BCUT2D eigenvalue weighted by Gasteiger charge is 2.07. The van der Waals surface area contributed by atoms with E-state index in [9.17, 15) is 4.79 Å². The number of rotatable bonds is 2. The van der Waals surface area contributed by atoms with Crippen LogP contribution in [0.25, 0.3) is 10.9 Å². The summed E-state index contributed by atoms with van der Waals surface area (Å²) in [5.41, 5.74) is 2.31. The van der Waals surface area contributed by atoms with Gasteiger partial charge in [-0.2, -0.15) is 0 Å². The number of fused-ring (bicyclic) bond motifs is 1. The van der Waals surface area contributed by atoms with Crippen molar-refractivity contribution >= 4 is 16.7 Å². The Hall–Kier alpha value is -1.90. The van der Waals surface area contributed by atoms with E-state index in [2.05, 4.69) is 4.98 Å². The Kier molecular flexibility index (Phi) is 2.60. The van der Waals surface area contributed by atoms with Gasteiger partial charge in [-0.15, -0.1) is 0 Å². The second-order valence-electron chi connectivity index (χ2n) is 3.74. The van der Waals surface area contributed by atoms with E-state index in [1.165, 1.54) is 0 Å². The smallest absolute Gasteiger partial charge is 0.161 e. The lowest BCUT2D eigenvalue weighted by atomic mass is 10.1. The van der Waals surface area contributed by atoms with E-state index in [1.54, 1.807) is 14.0 Å². The molecule has 2 aromatic rings. The van der Waals surface area contributed by atoms with Crippen LogP contribution in [-0.2, 0) is 0 Å². The van der Waals surface area contributed by atoms with Crippen LogP contribution < -0.4 is 4.74 Å². The molecule has 0 fully saturated rings. The van der Waals surface area contributed by atoms with Gasteiger partial charge in [-0.3, -0.25) is 9.78 Å². The number of benzene rings is 1. The molecule has 16 heavy (non-hydrogen) atoms. The molecule has 0 aliphatic rings. The molecule has 0 unspecified atom stereocenters. The van der Waals surface area contributed by atoms with E-state index >= 15 is 0 Å². The van der Waals surface area contributed by atoms with Crippen molar-refractivity contribution in [2.45, 2.75) is 13.8 Å². The lowest BCUT2D eigenvalue weighted by Gasteiger charge is -2.06. The maximum Gasteiger partial charge on any atom is 0.161 e. The molecule has 3 nitrogen and oxygen atoms in total. The van der Waals surface area contributed by atoms with Crippen molar-refractivity contribution in [1.82, 2.24) is 4.98 Å². The third kappa shape index (κ3) is 1.76. The quantitative estimate of drug-likeness (QED) is 0.723. The predicted molar refractivity (Wildman–Crippen MR) is 63.0 cm³/mol. The van der Waals surface area contributed by atoms with Crippen LogP contribution in [0.5, 0.6) is 5.75 Å². The van der Waals surface area contributed by atoms with Crippen LogP contribution in [0.4, 0.5) is 0 Å². The molecule has 0 N–H and O–H groups in total. The van der Waals surface area contributed by atoms with Crippen molar-refractivity contribution in [3.05, 3.63) is 35.5 Å². The van der Waals surface area contributed by atoms with E-state index in [-0.39, 0.29) is 5.78 Å². The highest BCUT2D eigenvalue weighted by molar-refractivity contribution is 5.98. The molecule has 0 saturated heterocycles. The van der Waals surface area contributed by atoms with Crippen molar-refractivity contribution in [2.24, 2.45) is 0 Å². The van der Waals surface area contributed by atoms with Gasteiger partial charge in [0, 0.05) is 16.6 Å². The highest BCUT2D eigenvalue weighted by Crippen LogP contribution is 2.21. The van der Waals surface area contributed by atoms with Crippen molar-refractivity contribution in [3.8, 4) is 5.75 Å². The largest absolute Gasteiger partial charge is 0.497 e. The molecule has 2 rings (SSSR count). The first-order valence-corrected chi connectivity index (χ1v) is 5.08. The van der Waals surface area contributed by atoms with E-state index in [0.717, 1.165) is 22.3 Å². The van der Waals surface area contributed by atoms with Gasteiger partial charge in [0.25, 0.3) is 0 Å². The number of ketones is 1. The Balaban J connectivity index is 2.70. The minimum atomic E-state index is 0.0368. The van der Waals surface area contributed by atoms with Crippen LogP contribution in [-0.4, -0.2) is 17.9 Å². The zero-order valence-electron chi connectivity index (χ0n) is 9.57. The number of methoxy groups -OCH3 is 1. The van der Waals surface area contributed by atoms with Gasteiger partial charge < -0.3 is 4.74 Å². The number of nitrogens with zero attached hydrogens (tertiary/aromatic N) is 1. The molecule has 1 aromatic carbocycles. The maximum atomic E-state index is 11.4. The standard InChI is InChI=1S/C13H13NO2/c1-8-12(9(2)15)7-10-6-11(16-3)4-5-13(10)14-8/h4-7H,1-3H3. The molecule has 0 atom stereocenters. The normalized spacial score (nSPS) is 10.4. The summed E-state index contributed by atoms with van der Waals surface area (Å²) < 4.78 is 5.14. The monoisotopic (exact) mass is 215 g/mol. The van der Waals surface area contributed by atoms with Gasteiger partial charge in [0.05, 0.1) is 12.6 Å². The number of aromatic nitrogens is 1. The summed E-state index contributed by atoms with van der Waals surface area (Å²) in [7, 11) is 1.62. The zero-order chi connectivity index (χ0) is 11.7. The topological polar surface area (TPSA) is 39.2 Å². The van der Waals surface area contributed by atoms with Gasteiger partial charge in [0.1, 0.15) is 5.75 Å². The van der Waals surface area contributed by atoms with Crippen molar-refractivity contribution in [2.75, 3.05) is 7.11 Å². The Morgan fingerprint density at radius 2 is 2.06 bits per heavy atom. The third-order valence-electron chi connectivity index (χ3n) is 2.59. The molecule has 0 saturated carbocycles. The molecule has 0 bridgehead atoms. The van der Waals surface area contributed by atoms with Crippen LogP contribution in [0, 0.1) is 6.92 Å². The molecule has 1 aromatic heterocycles. The molecule has 0 aliphatic carbocycles. The van der Waals surface area contributed by atoms with Crippen LogP contribution in [0.2, 0.25) is 0 Å². The summed E-state index contributed by atoms with van der Waals surface area (Å²) in [5.74, 6) is 0.808. The summed E-state index contributed by atoms with van der Waals surface area (Å²) in [6.07, 6.45) is 0. The zero-order valence-corrected chi connectivity index (χ0v) is 9.57. The Morgan fingerprint density at radius 3 is 2.69 bits per heavy atom. The second-order valence-corrected chi connectivity index (χ2v) is 3.74. The van der Waals surface area contributed by atoms with E-state index in [4.69, 9.17) is 4.74 Å². The van der Waals surface area contributed by atoms with E-state index in [0.29, 0.717) is 5.56 Å². The van der Waals surface area contributed by atoms with Crippen LogP contribution >= 0.6 is 0 Å². The lowest BCUT2D eigenvalue weighted by molar-refractivity contribution is 0.101. The number of carbonyl (C=O) groups is 1. The fourth-order valence-corrected chi connectivity index (χ4v) is 1.73. The number of carbonyl (C=O) groups excluding carboxylic acids is 1. The Bertz CT molecular complexity index is 561. The average molecular weight is 215 g/mol. The maximum absolute atomic E-state index is 11.4. The van der Waals surface area contributed by atoms with Crippen molar-refractivity contribution in [1.29, 1.82) is 0 Å². The first-order valence-electron chi connectivity index (χ1n) is 5.08. The molecule has 0 spiro atoms. The number of aryl methyl sites for hydroxylation is 1. The van der Waals surface area contributed by atoms with E-state index in [1.807, 2.05) is 31.2 Å². The van der Waals surface area contributed by atoms with Gasteiger partial charge in [-0.1, -0.05) is 0 Å². The Morgan fingerprint density at radius 1 is 1.31 bits per heavy atom. The molecule has 82 valence electrons. The summed E-state index contributed by atoms with van der Waals surface area (Å²) in [6.45, 7) is 3.40. The minimum Gasteiger partial charge on any atom is -0.497 e. The molecule has 0 aliphatic heterocycles. The van der Waals surface area contributed by atoms with Crippen LogP contribution in [0.3, 0.4) is 0 Å². The molecular weight excluding hydrogens is 202 g/mol. The summed E-state index contributed by atoms with van der Waals surface area (Å²) in [4.78, 5) is 15.8. The Labute approximate surface area is 94.1 Å². The summed E-state index contributed by atoms with van der Waals surface area (Å²) in [6, 6.07) is 7.50. The SMILES string of the molecule is COc1ccc2nc(C)c(C(C)=O)cc2c1. The average Bonchev–Trinajstić information content (AvgIpc) is 2.27. The fraction of sp³-hybridized carbons (Fsp3) is 0.231. The fourth-order valence-electron chi connectivity index (χ4n) is 1.73.